The lowest BCUT2D eigenvalue weighted by molar-refractivity contribution is 0.161. The van der Waals surface area contributed by atoms with Gasteiger partial charge < -0.3 is 10.2 Å². The molecule has 0 radical (unpaired) electrons. The minimum Gasteiger partial charge on any atom is -0.321 e. The molecule has 1 aliphatic heterocycles. The van der Waals surface area contributed by atoms with Gasteiger partial charge in [-0.15, -0.1) is 10.2 Å². The molecule has 0 saturated carbocycles. The van der Waals surface area contributed by atoms with Gasteiger partial charge in [0.15, 0.2) is 11.5 Å². The van der Waals surface area contributed by atoms with Crippen LogP contribution in [-0.4, -0.2) is 58.7 Å². The summed E-state index contributed by atoms with van der Waals surface area (Å²) in [5.41, 5.74) is 1.44. The number of hydrogen-bond donors (Lipinski definition) is 2. The number of likely N-dealkylation sites (tertiary alicyclic amines) is 1. The van der Waals surface area contributed by atoms with Gasteiger partial charge in [-0.2, -0.15) is 10.3 Å². The minimum atomic E-state index is -0.121. The van der Waals surface area contributed by atoms with Crippen LogP contribution in [-0.2, 0) is 6.42 Å². The van der Waals surface area contributed by atoms with Crippen LogP contribution in [0.4, 0.5) is 10.5 Å². The summed E-state index contributed by atoms with van der Waals surface area (Å²) in [6.07, 6.45) is 5.40. The molecule has 0 bridgehead atoms. The lowest BCUT2D eigenvalue weighted by atomic mass is 9.99. The number of fused-ring (bicyclic) bond motifs is 1. The first-order valence-electron chi connectivity index (χ1n) is 8.32. The fourth-order valence-electron chi connectivity index (χ4n) is 3.22. The maximum absolute atomic E-state index is 12.8. The molecule has 2 N–H and O–H groups in total. The Morgan fingerprint density at radius 3 is 3.16 bits per heavy atom. The molecule has 4 rings (SSSR count). The van der Waals surface area contributed by atoms with E-state index in [2.05, 4.69) is 36.0 Å². The van der Waals surface area contributed by atoms with Crippen LogP contribution < -0.4 is 5.32 Å². The Bertz CT molecular complexity index is 872. The van der Waals surface area contributed by atoms with Crippen LogP contribution in [0.5, 0.6) is 0 Å². The Morgan fingerprint density at radius 2 is 2.32 bits per heavy atom. The Labute approximate surface area is 143 Å². The second-order valence-electron chi connectivity index (χ2n) is 6.18. The van der Waals surface area contributed by atoms with Crippen molar-refractivity contribution >= 4 is 17.4 Å². The molecule has 3 aromatic heterocycles. The molecule has 1 aliphatic rings. The second kappa shape index (κ2) is 6.46. The predicted molar refractivity (Wildman–Crippen MR) is 89.0 cm³/mol. The van der Waals surface area contributed by atoms with Crippen LogP contribution in [0, 0.1) is 6.92 Å². The van der Waals surface area contributed by atoms with Crippen molar-refractivity contribution < 1.29 is 4.79 Å². The number of aryl methyl sites for hydroxylation is 1. The molecule has 1 unspecified atom stereocenters. The normalized spacial score (nSPS) is 17.8. The number of anilines is 1. The van der Waals surface area contributed by atoms with Crippen molar-refractivity contribution in [2.24, 2.45) is 0 Å². The van der Waals surface area contributed by atoms with E-state index >= 15 is 0 Å². The molecule has 130 valence electrons. The SMILES string of the molecule is Cc1nc2ccc(NC(=O)N3CCCCC3Cc3nn[nH]n3)cn2n1. The topological polar surface area (TPSA) is 117 Å². The van der Waals surface area contributed by atoms with E-state index in [9.17, 15) is 4.79 Å². The molecule has 0 aliphatic carbocycles. The molecule has 1 atom stereocenters. The third-order valence-corrected chi connectivity index (χ3v) is 4.38. The quantitative estimate of drug-likeness (QED) is 0.739. The molecule has 4 heterocycles. The fourth-order valence-corrected chi connectivity index (χ4v) is 3.22. The summed E-state index contributed by atoms with van der Waals surface area (Å²) in [5, 5.41) is 21.3. The largest absolute Gasteiger partial charge is 0.322 e. The molecule has 0 spiro atoms. The Balaban J connectivity index is 1.49. The molecular formula is C15H19N9O. The minimum absolute atomic E-state index is 0.0729. The van der Waals surface area contributed by atoms with E-state index in [0.717, 1.165) is 31.5 Å². The summed E-state index contributed by atoms with van der Waals surface area (Å²) in [5.74, 6) is 1.32. The predicted octanol–water partition coefficient (Wildman–Crippen LogP) is 1.18. The molecule has 3 aromatic rings. The van der Waals surface area contributed by atoms with Crippen molar-refractivity contribution in [3.05, 3.63) is 30.0 Å². The third kappa shape index (κ3) is 3.28. The Kier molecular flexibility index (Phi) is 4.00. The number of urea groups is 1. The smallest absolute Gasteiger partial charge is 0.321 e. The summed E-state index contributed by atoms with van der Waals surface area (Å²) < 4.78 is 1.66. The lowest BCUT2D eigenvalue weighted by Crippen LogP contribution is -2.47. The van der Waals surface area contributed by atoms with Gasteiger partial charge in [0.05, 0.1) is 11.9 Å². The first-order valence-corrected chi connectivity index (χ1v) is 8.32. The average molecular weight is 341 g/mol. The van der Waals surface area contributed by atoms with Gasteiger partial charge in [0.25, 0.3) is 0 Å². The first-order chi connectivity index (χ1) is 12.2. The highest BCUT2D eigenvalue weighted by Crippen LogP contribution is 2.21. The van der Waals surface area contributed by atoms with E-state index < -0.39 is 0 Å². The van der Waals surface area contributed by atoms with Crippen LogP contribution in [0.1, 0.15) is 30.9 Å². The first kappa shape index (κ1) is 15.5. The van der Waals surface area contributed by atoms with Gasteiger partial charge in [-0.25, -0.2) is 14.3 Å². The van der Waals surface area contributed by atoms with Crippen molar-refractivity contribution in [3.63, 3.8) is 0 Å². The number of aromatic amines is 1. The number of carbonyl (C=O) groups is 1. The zero-order valence-corrected chi connectivity index (χ0v) is 13.9. The van der Waals surface area contributed by atoms with Gasteiger partial charge in [-0.3, -0.25) is 0 Å². The molecule has 2 amide bonds. The van der Waals surface area contributed by atoms with Crippen molar-refractivity contribution in [1.82, 2.24) is 40.1 Å². The van der Waals surface area contributed by atoms with Gasteiger partial charge >= 0.3 is 6.03 Å². The average Bonchev–Trinajstić information content (AvgIpc) is 3.23. The van der Waals surface area contributed by atoms with E-state index in [1.54, 1.807) is 10.7 Å². The summed E-state index contributed by atoms with van der Waals surface area (Å²) in [4.78, 5) is 18.9. The van der Waals surface area contributed by atoms with E-state index in [1.165, 1.54) is 0 Å². The van der Waals surface area contributed by atoms with Crippen LogP contribution in [0.3, 0.4) is 0 Å². The number of pyridine rings is 1. The fraction of sp³-hybridized carbons (Fsp3) is 0.467. The Morgan fingerprint density at radius 1 is 1.40 bits per heavy atom. The molecule has 1 saturated heterocycles. The third-order valence-electron chi connectivity index (χ3n) is 4.38. The zero-order valence-electron chi connectivity index (χ0n) is 13.9. The van der Waals surface area contributed by atoms with Gasteiger partial charge in [0, 0.05) is 19.0 Å². The molecule has 1 fully saturated rings. The number of piperidine rings is 1. The maximum Gasteiger partial charge on any atom is 0.322 e. The van der Waals surface area contributed by atoms with Gasteiger partial charge in [0.1, 0.15) is 5.82 Å². The summed E-state index contributed by atoms with van der Waals surface area (Å²) in [7, 11) is 0. The van der Waals surface area contributed by atoms with Gasteiger partial charge in [-0.05, 0) is 38.3 Å². The van der Waals surface area contributed by atoms with Crippen LogP contribution in [0.15, 0.2) is 18.3 Å². The molecule has 0 aromatic carbocycles. The van der Waals surface area contributed by atoms with Crippen molar-refractivity contribution in [1.29, 1.82) is 0 Å². The molecule has 10 heteroatoms. The number of aromatic nitrogens is 7. The number of carbonyl (C=O) groups excluding carboxylic acids is 1. The molecular weight excluding hydrogens is 322 g/mol. The highest BCUT2D eigenvalue weighted by molar-refractivity contribution is 5.89. The van der Waals surface area contributed by atoms with E-state index in [-0.39, 0.29) is 12.1 Å². The van der Waals surface area contributed by atoms with Crippen LogP contribution >= 0.6 is 0 Å². The van der Waals surface area contributed by atoms with Crippen molar-refractivity contribution in [2.75, 3.05) is 11.9 Å². The van der Waals surface area contributed by atoms with Crippen LogP contribution in [0.25, 0.3) is 5.65 Å². The highest BCUT2D eigenvalue weighted by Gasteiger charge is 2.28. The summed E-state index contributed by atoms with van der Waals surface area (Å²) >= 11 is 0. The Hall–Kier alpha value is -3.04. The van der Waals surface area contributed by atoms with E-state index in [0.29, 0.717) is 23.8 Å². The van der Waals surface area contributed by atoms with E-state index in [4.69, 9.17) is 0 Å². The van der Waals surface area contributed by atoms with E-state index in [1.807, 2.05) is 24.0 Å². The van der Waals surface area contributed by atoms with Crippen LogP contribution in [0.2, 0.25) is 0 Å². The zero-order chi connectivity index (χ0) is 17.2. The van der Waals surface area contributed by atoms with Gasteiger partial charge in [0.2, 0.25) is 0 Å². The van der Waals surface area contributed by atoms with Gasteiger partial charge in [-0.1, -0.05) is 5.21 Å². The summed E-state index contributed by atoms with van der Waals surface area (Å²) in [6.45, 7) is 2.56. The van der Waals surface area contributed by atoms with Crippen molar-refractivity contribution in [2.45, 2.75) is 38.6 Å². The molecule has 10 nitrogen and oxygen atoms in total. The number of rotatable bonds is 3. The number of nitrogens with zero attached hydrogens (tertiary/aromatic N) is 7. The summed E-state index contributed by atoms with van der Waals surface area (Å²) in [6, 6.07) is 3.62. The lowest BCUT2D eigenvalue weighted by Gasteiger charge is -2.35. The monoisotopic (exact) mass is 341 g/mol. The number of hydrogen-bond acceptors (Lipinski definition) is 6. The standard InChI is InChI=1S/C15H19N9O/c1-10-16-14-6-5-11(9-24(14)20-10)17-15(25)23-7-3-2-4-12(23)8-13-18-21-22-19-13/h5-6,9,12H,2-4,7-8H2,1H3,(H,17,25)(H,18,19,21,22). The number of amides is 2. The second-order valence-corrected chi connectivity index (χ2v) is 6.18. The number of H-pyrrole nitrogens is 1. The maximum atomic E-state index is 12.8. The van der Waals surface area contributed by atoms with Crippen molar-refractivity contribution in [3.8, 4) is 0 Å². The highest BCUT2D eigenvalue weighted by atomic mass is 16.2. The number of nitrogens with one attached hydrogen (secondary N) is 2. The molecule has 25 heavy (non-hydrogen) atoms. The number of tetrazole rings is 1.